The van der Waals surface area contributed by atoms with Crippen LogP contribution in [0.25, 0.3) is 0 Å². The molecule has 0 bridgehead atoms. The largest absolute Gasteiger partial charge is 0.388 e. The van der Waals surface area contributed by atoms with Crippen LogP contribution in [0.4, 0.5) is 0 Å². The highest BCUT2D eigenvalue weighted by Crippen LogP contribution is 2.32. The van der Waals surface area contributed by atoms with Gasteiger partial charge in [0, 0.05) is 18.1 Å². The van der Waals surface area contributed by atoms with E-state index in [2.05, 4.69) is 12.3 Å². The molecule has 1 N–H and O–H groups in total. The molecule has 1 saturated heterocycles. The fourth-order valence-electron chi connectivity index (χ4n) is 2.37. The molecule has 1 fully saturated rings. The molecule has 1 aliphatic heterocycles. The summed E-state index contributed by atoms with van der Waals surface area (Å²) in [5, 5.41) is 10.3. The summed E-state index contributed by atoms with van der Waals surface area (Å²) >= 11 is 1.70. The molecule has 0 aliphatic carbocycles. The predicted octanol–water partition coefficient (Wildman–Crippen LogP) is 3.26. The lowest BCUT2D eigenvalue weighted by molar-refractivity contribution is 0.0430. The van der Waals surface area contributed by atoms with E-state index in [1.165, 1.54) is 4.90 Å². The Morgan fingerprint density at radius 3 is 2.76 bits per heavy atom. The van der Waals surface area contributed by atoms with E-state index in [1.54, 1.807) is 11.8 Å². The number of ether oxygens (including phenoxy) is 1. The molecule has 1 aromatic rings. The van der Waals surface area contributed by atoms with Crippen molar-refractivity contribution in [3.63, 3.8) is 0 Å². The molecule has 0 saturated carbocycles. The van der Waals surface area contributed by atoms with Crippen LogP contribution >= 0.6 is 11.8 Å². The van der Waals surface area contributed by atoms with Gasteiger partial charge >= 0.3 is 0 Å². The van der Waals surface area contributed by atoms with Crippen LogP contribution in [-0.4, -0.2) is 24.6 Å². The molecule has 1 unspecified atom stereocenters. The Morgan fingerprint density at radius 1 is 1.35 bits per heavy atom. The molecule has 0 aromatic heterocycles. The summed E-state index contributed by atoms with van der Waals surface area (Å²) in [5.41, 5.74) is 1.08. The zero-order valence-electron chi connectivity index (χ0n) is 10.3. The van der Waals surface area contributed by atoms with E-state index in [0.717, 1.165) is 38.0 Å². The number of aliphatic hydroxyl groups is 1. The maximum atomic E-state index is 10.3. The first-order valence-corrected chi connectivity index (χ1v) is 7.42. The van der Waals surface area contributed by atoms with Crippen LogP contribution in [0, 0.1) is 5.92 Å². The summed E-state index contributed by atoms with van der Waals surface area (Å²) in [6.45, 7) is 1.70. The maximum absolute atomic E-state index is 10.3. The molecule has 1 heterocycles. The molecular formula is C14H20O2S. The summed E-state index contributed by atoms with van der Waals surface area (Å²) < 4.78 is 5.35. The Bertz CT molecular complexity index is 348. The molecular weight excluding hydrogens is 232 g/mol. The van der Waals surface area contributed by atoms with Crippen molar-refractivity contribution in [2.75, 3.05) is 19.5 Å². The molecule has 2 nitrogen and oxygen atoms in total. The lowest BCUT2D eigenvalue weighted by Crippen LogP contribution is -2.18. The van der Waals surface area contributed by atoms with Gasteiger partial charge in [-0.15, -0.1) is 11.8 Å². The van der Waals surface area contributed by atoms with Gasteiger partial charge in [0.05, 0.1) is 6.10 Å². The molecule has 94 valence electrons. The SMILES string of the molecule is CSc1ccccc1C(O)CC1CCOCC1. The van der Waals surface area contributed by atoms with E-state index in [9.17, 15) is 5.11 Å². The second kappa shape index (κ2) is 6.43. The molecule has 0 spiro atoms. The van der Waals surface area contributed by atoms with Crippen LogP contribution in [0.15, 0.2) is 29.2 Å². The fraction of sp³-hybridized carbons (Fsp3) is 0.571. The van der Waals surface area contributed by atoms with Gasteiger partial charge in [0.25, 0.3) is 0 Å². The van der Waals surface area contributed by atoms with E-state index >= 15 is 0 Å². The van der Waals surface area contributed by atoms with Crippen molar-refractivity contribution < 1.29 is 9.84 Å². The van der Waals surface area contributed by atoms with E-state index in [0.29, 0.717) is 5.92 Å². The van der Waals surface area contributed by atoms with Crippen LogP contribution in [0.2, 0.25) is 0 Å². The Kier molecular flexibility index (Phi) is 4.89. The van der Waals surface area contributed by atoms with Crippen molar-refractivity contribution in [1.29, 1.82) is 0 Å². The smallest absolute Gasteiger partial charge is 0.0803 e. The minimum absolute atomic E-state index is 0.332. The molecule has 3 heteroatoms. The van der Waals surface area contributed by atoms with Crippen LogP contribution in [0.1, 0.15) is 30.9 Å². The summed E-state index contributed by atoms with van der Waals surface area (Å²) in [7, 11) is 0. The number of hydrogen-bond donors (Lipinski definition) is 1. The van der Waals surface area contributed by atoms with Crippen LogP contribution in [0.5, 0.6) is 0 Å². The third-order valence-corrected chi connectivity index (χ3v) is 4.21. The monoisotopic (exact) mass is 252 g/mol. The topological polar surface area (TPSA) is 29.5 Å². The van der Waals surface area contributed by atoms with E-state index in [-0.39, 0.29) is 6.10 Å². The third-order valence-electron chi connectivity index (χ3n) is 3.40. The van der Waals surface area contributed by atoms with E-state index in [1.807, 2.05) is 18.2 Å². The molecule has 1 aliphatic rings. The summed E-state index contributed by atoms with van der Waals surface area (Å²) in [6.07, 6.45) is 4.75. The highest BCUT2D eigenvalue weighted by atomic mass is 32.2. The molecule has 0 radical (unpaired) electrons. The van der Waals surface area contributed by atoms with Gasteiger partial charge in [-0.25, -0.2) is 0 Å². The van der Waals surface area contributed by atoms with Crippen molar-refractivity contribution in [2.45, 2.75) is 30.3 Å². The van der Waals surface area contributed by atoms with Gasteiger partial charge in [-0.3, -0.25) is 0 Å². The first kappa shape index (κ1) is 12.9. The van der Waals surface area contributed by atoms with Gasteiger partial charge in [0.15, 0.2) is 0 Å². The van der Waals surface area contributed by atoms with Gasteiger partial charge in [0.1, 0.15) is 0 Å². The molecule has 1 aromatic carbocycles. The van der Waals surface area contributed by atoms with Crippen molar-refractivity contribution in [3.05, 3.63) is 29.8 Å². The Hall–Kier alpha value is -0.510. The minimum atomic E-state index is -0.332. The van der Waals surface area contributed by atoms with Gasteiger partial charge in [-0.1, -0.05) is 18.2 Å². The highest BCUT2D eigenvalue weighted by Gasteiger charge is 2.20. The lowest BCUT2D eigenvalue weighted by Gasteiger charge is -2.25. The number of thioether (sulfide) groups is 1. The number of rotatable bonds is 4. The average Bonchev–Trinajstić information content (AvgIpc) is 2.40. The van der Waals surface area contributed by atoms with Gasteiger partial charge in [0.2, 0.25) is 0 Å². The van der Waals surface area contributed by atoms with Gasteiger partial charge < -0.3 is 9.84 Å². The fourth-order valence-corrected chi connectivity index (χ4v) is 3.02. The molecule has 1 atom stereocenters. The van der Waals surface area contributed by atoms with Crippen LogP contribution < -0.4 is 0 Å². The zero-order chi connectivity index (χ0) is 12.1. The number of benzene rings is 1. The second-order valence-corrected chi connectivity index (χ2v) is 5.40. The zero-order valence-corrected chi connectivity index (χ0v) is 11.1. The van der Waals surface area contributed by atoms with Gasteiger partial charge in [-0.2, -0.15) is 0 Å². The van der Waals surface area contributed by atoms with E-state index in [4.69, 9.17) is 4.74 Å². The Balaban J connectivity index is 2.00. The van der Waals surface area contributed by atoms with Crippen LogP contribution in [0.3, 0.4) is 0 Å². The molecule has 2 rings (SSSR count). The second-order valence-electron chi connectivity index (χ2n) is 4.55. The third kappa shape index (κ3) is 3.47. The Morgan fingerprint density at radius 2 is 2.06 bits per heavy atom. The summed E-state index contributed by atoms with van der Waals surface area (Å²) in [5.74, 6) is 0.605. The Labute approximate surface area is 107 Å². The summed E-state index contributed by atoms with van der Waals surface area (Å²) in [4.78, 5) is 1.19. The maximum Gasteiger partial charge on any atom is 0.0803 e. The first-order chi connectivity index (χ1) is 8.31. The predicted molar refractivity (Wildman–Crippen MR) is 71.3 cm³/mol. The number of hydrogen-bond acceptors (Lipinski definition) is 3. The van der Waals surface area contributed by atoms with Gasteiger partial charge in [-0.05, 0) is 43.1 Å². The average molecular weight is 252 g/mol. The minimum Gasteiger partial charge on any atom is -0.388 e. The van der Waals surface area contributed by atoms with Crippen molar-refractivity contribution in [2.24, 2.45) is 5.92 Å². The molecule has 0 amide bonds. The van der Waals surface area contributed by atoms with Crippen LogP contribution in [-0.2, 0) is 4.74 Å². The lowest BCUT2D eigenvalue weighted by atomic mass is 9.91. The molecule has 17 heavy (non-hydrogen) atoms. The van der Waals surface area contributed by atoms with Crippen molar-refractivity contribution in [3.8, 4) is 0 Å². The van der Waals surface area contributed by atoms with Crippen molar-refractivity contribution in [1.82, 2.24) is 0 Å². The van der Waals surface area contributed by atoms with Crippen molar-refractivity contribution >= 4 is 11.8 Å². The first-order valence-electron chi connectivity index (χ1n) is 6.20. The summed E-state index contributed by atoms with van der Waals surface area (Å²) in [6, 6.07) is 8.14. The normalized spacial score (nSPS) is 19.2. The quantitative estimate of drug-likeness (QED) is 0.834. The highest BCUT2D eigenvalue weighted by molar-refractivity contribution is 7.98. The van der Waals surface area contributed by atoms with E-state index < -0.39 is 0 Å². The standard InChI is InChI=1S/C14H20O2S/c1-17-14-5-3-2-4-12(14)13(15)10-11-6-8-16-9-7-11/h2-5,11,13,15H,6-10H2,1H3. The number of aliphatic hydroxyl groups excluding tert-OH is 1.